The van der Waals surface area contributed by atoms with Gasteiger partial charge in [-0.25, -0.2) is 4.99 Å². The minimum atomic E-state index is -0.416. The second-order valence-electron chi connectivity index (χ2n) is 5.49. The highest BCUT2D eigenvalue weighted by Gasteiger charge is 2.07. The van der Waals surface area contributed by atoms with Crippen molar-refractivity contribution in [1.82, 2.24) is 10.2 Å². The maximum absolute atomic E-state index is 11.3. The smallest absolute Gasteiger partial charge is 0.248 e. The van der Waals surface area contributed by atoms with E-state index in [4.69, 9.17) is 5.73 Å². The Balaban J connectivity index is 0.00000312. The highest BCUT2D eigenvalue weighted by atomic mass is 127. The summed E-state index contributed by atoms with van der Waals surface area (Å²) in [5.41, 5.74) is 6.80. The lowest BCUT2D eigenvalue weighted by atomic mass is 10.1. The number of amides is 1. The molecule has 0 aliphatic carbocycles. The SMILES string of the molecule is CCNC(=NCc1cccc(C(N)=O)c1)N(C)CCc1cccs1.I. The van der Waals surface area contributed by atoms with Gasteiger partial charge in [0.25, 0.3) is 0 Å². The molecule has 1 amide bonds. The van der Waals surface area contributed by atoms with E-state index in [1.807, 2.05) is 19.2 Å². The van der Waals surface area contributed by atoms with Crippen LogP contribution in [0.2, 0.25) is 0 Å². The van der Waals surface area contributed by atoms with Gasteiger partial charge in [0, 0.05) is 30.6 Å². The first-order valence-corrected chi connectivity index (χ1v) is 8.88. The molecule has 5 nitrogen and oxygen atoms in total. The molecular weight excluding hydrogens is 447 g/mol. The van der Waals surface area contributed by atoms with Gasteiger partial charge in [-0.2, -0.15) is 0 Å². The lowest BCUT2D eigenvalue weighted by Gasteiger charge is -2.21. The minimum Gasteiger partial charge on any atom is -0.366 e. The van der Waals surface area contributed by atoms with E-state index in [0.29, 0.717) is 12.1 Å². The first-order chi connectivity index (χ1) is 11.6. The molecule has 1 aromatic heterocycles. The summed E-state index contributed by atoms with van der Waals surface area (Å²) in [6.45, 7) is 4.26. The number of thiophene rings is 1. The van der Waals surface area contributed by atoms with E-state index in [0.717, 1.165) is 31.0 Å². The molecule has 2 aromatic rings. The quantitative estimate of drug-likeness (QED) is 0.370. The van der Waals surface area contributed by atoms with E-state index in [9.17, 15) is 4.79 Å². The van der Waals surface area contributed by atoms with Crippen LogP contribution in [0.4, 0.5) is 0 Å². The van der Waals surface area contributed by atoms with Crippen LogP contribution in [0.3, 0.4) is 0 Å². The van der Waals surface area contributed by atoms with E-state index < -0.39 is 5.91 Å². The fourth-order valence-corrected chi connectivity index (χ4v) is 3.00. The van der Waals surface area contributed by atoms with Crippen molar-refractivity contribution in [3.63, 3.8) is 0 Å². The highest BCUT2D eigenvalue weighted by molar-refractivity contribution is 14.0. The number of guanidine groups is 1. The Bertz CT molecular complexity index is 688. The molecule has 0 fully saturated rings. The summed E-state index contributed by atoms with van der Waals surface area (Å²) in [4.78, 5) is 19.4. The summed E-state index contributed by atoms with van der Waals surface area (Å²) >= 11 is 1.77. The molecule has 25 heavy (non-hydrogen) atoms. The van der Waals surface area contributed by atoms with Gasteiger partial charge in [0.15, 0.2) is 5.96 Å². The second-order valence-corrected chi connectivity index (χ2v) is 6.52. The molecule has 0 radical (unpaired) electrons. The van der Waals surface area contributed by atoms with E-state index in [-0.39, 0.29) is 24.0 Å². The van der Waals surface area contributed by atoms with Gasteiger partial charge in [-0.15, -0.1) is 35.3 Å². The van der Waals surface area contributed by atoms with Crippen LogP contribution >= 0.6 is 35.3 Å². The number of carbonyl (C=O) groups excluding carboxylic acids is 1. The normalized spacial score (nSPS) is 10.9. The highest BCUT2D eigenvalue weighted by Crippen LogP contribution is 2.10. The Labute approximate surface area is 170 Å². The predicted octanol–water partition coefficient (Wildman–Crippen LogP) is 3.11. The van der Waals surface area contributed by atoms with Crippen LogP contribution < -0.4 is 11.1 Å². The number of nitrogens with one attached hydrogen (secondary N) is 1. The van der Waals surface area contributed by atoms with Crippen LogP contribution in [0.1, 0.15) is 27.7 Å². The number of likely N-dealkylation sites (N-methyl/N-ethyl adjacent to an activating group) is 1. The topological polar surface area (TPSA) is 70.7 Å². The van der Waals surface area contributed by atoms with Crippen molar-refractivity contribution in [2.45, 2.75) is 19.9 Å². The molecule has 0 saturated heterocycles. The van der Waals surface area contributed by atoms with E-state index >= 15 is 0 Å². The van der Waals surface area contributed by atoms with Gasteiger partial charge < -0.3 is 16.0 Å². The molecule has 1 aromatic carbocycles. The monoisotopic (exact) mass is 472 g/mol. The number of rotatable bonds is 7. The Morgan fingerprint density at radius 2 is 2.12 bits per heavy atom. The number of nitrogens with zero attached hydrogens (tertiary/aromatic N) is 2. The molecule has 0 spiro atoms. The lowest BCUT2D eigenvalue weighted by Crippen LogP contribution is -2.39. The summed E-state index contributed by atoms with van der Waals surface area (Å²) < 4.78 is 0. The number of carbonyl (C=O) groups is 1. The molecule has 136 valence electrons. The first kappa shape index (κ1) is 21.4. The van der Waals surface area contributed by atoms with Gasteiger partial charge in [-0.05, 0) is 42.5 Å². The number of nitrogens with two attached hydrogens (primary N) is 1. The van der Waals surface area contributed by atoms with Crippen molar-refractivity contribution in [3.05, 3.63) is 57.8 Å². The van der Waals surface area contributed by atoms with Crippen molar-refractivity contribution in [2.75, 3.05) is 20.1 Å². The van der Waals surface area contributed by atoms with Gasteiger partial charge in [0.2, 0.25) is 5.91 Å². The van der Waals surface area contributed by atoms with Crippen LogP contribution in [0, 0.1) is 0 Å². The summed E-state index contributed by atoms with van der Waals surface area (Å²) in [5.74, 6) is 0.444. The van der Waals surface area contributed by atoms with Crippen LogP contribution in [0.25, 0.3) is 0 Å². The van der Waals surface area contributed by atoms with Crippen molar-refractivity contribution in [3.8, 4) is 0 Å². The van der Waals surface area contributed by atoms with Crippen LogP contribution in [0.15, 0.2) is 46.8 Å². The maximum atomic E-state index is 11.3. The molecule has 0 unspecified atom stereocenters. The molecule has 0 aliphatic rings. The van der Waals surface area contributed by atoms with Gasteiger partial charge in [-0.3, -0.25) is 4.79 Å². The molecule has 3 N–H and O–H groups in total. The summed E-state index contributed by atoms with van der Waals surface area (Å²) in [6.07, 6.45) is 0.996. The average molecular weight is 472 g/mol. The summed E-state index contributed by atoms with van der Waals surface area (Å²) in [7, 11) is 2.04. The van der Waals surface area contributed by atoms with Crippen molar-refractivity contribution in [1.29, 1.82) is 0 Å². The third-order valence-corrected chi connectivity index (χ3v) is 4.53. The van der Waals surface area contributed by atoms with E-state index in [1.54, 1.807) is 23.5 Å². The van der Waals surface area contributed by atoms with Gasteiger partial charge in [0.1, 0.15) is 0 Å². The van der Waals surface area contributed by atoms with Crippen LogP contribution in [-0.2, 0) is 13.0 Å². The summed E-state index contributed by atoms with van der Waals surface area (Å²) in [5, 5.41) is 5.41. The number of hydrogen-bond donors (Lipinski definition) is 2. The standard InChI is InChI=1S/C18H24N4OS.HI/c1-3-20-18(22(2)10-9-16-8-5-11-24-16)21-13-14-6-4-7-15(12-14)17(19)23;/h4-8,11-12H,3,9-10,13H2,1-2H3,(H2,19,23)(H,20,21);1H. The number of benzene rings is 1. The lowest BCUT2D eigenvalue weighted by molar-refractivity contribution is 0.1000. The predicted molar refractivity (Wildman–Crippen MR) is 116 cm³/mol. The minimum absolute atomic E-state index is 0. The van der Waals surface area contributed by atoms with Crippen molar-refractivity contribution < 1.29 is 4.79 Å². The molecule has 0 atom stereocenters. The van der Waals surface area contributed by atoms with E-state index in [1.165, 1.54) is 4.88 Å². The fourth-order valence-electron chi connectivity index (χ4n) is 2.30. The number of hydrogen-bond acceptors (Lipinski definition) is 3. The second kappa shape index (κ2) is 11.1. The van der Waals surface area contributed by atoms with Gasteiger partial charge in [-0.1, -0.05) is 18.2 Å². The largest absolute Gasteiger partial charge is 0.366 e. The molecular formula is C18H25IN4OS. The summed E-state index contributed by atoms with van der Waals surface area (Å²) in [6, 6.07) is 11.5. The zero-order valence-electron chi connectivity index (χ0n) is 14.6. The Kier molecular flexibility index (Phi) is 9.51. The number of halogens is 1. The molecule has 2 rings (SSSR count). The van der Waals surface area contributed by atoms with Gasteiger partial charge >= 0.3 is 0 Å². The first-order valence-electron chi connectivity index (χ1n) is 8.00. The number of aliphatic imine (C=N–C) groups is 1. The zero-order chi connectivity index (χ0) is 17.4. The number of primary amides is 1. The molecule has 0 bridgehead atoms. The fraction of sp³-hybridized carbons (Fsp3) is 0.333. The Morgan fingerprint density at radius 3 is 2.76 bits per heavy atom. The average Bonchev–Trinajstić information content (AvgIpc) is 3.10. The molecule has 7 heteroatoms. The van der Waals surface area contributed by atoms with E-state index in [2.05, 4.69) is 39.6 Å². The van der Waals surface area contributed by atoms with Crippen LogP contribution in [0.5, 0.6) is 0 Å². The van der Waals surface area contributed by atoms with Crippen molar-refractivity contribution >= 4 is 47.2 Å². The Hall–Kier alpha value is -1.61. The third kappa shape index (κ3) is 7.03. The van der Waals surface area contributed by atoms with Gasteiger partial charge in [0.05, 0.1) is 6.54 Å². The molecule has 1 heterocycles. The maximum Gasteiger partial charge on any atom is 0.248 e. The van der Waals surface area contributed by atoms with Crippen molar-refractivity contribution in [2.24, 2.45) is 10.7 Å². The zero-order valence-corrected chi connectivity index (χ0v) is 17.7. The third-order valence-electron chi connectivity index (χ3n) is 3.59. The molecule has 0 saturated carbocycles. The molecule has 0 aliphatic heterocycles. The Morgan fingerprint density at radius 1 is 1.32 bits per heavy atom. The van der Waals surface area contributed by atoms with Crippen LogP contribution in [-0.4, -0.2) is 36.9 Å².